The predicted molar refractivity (Wildman–Crippen MR) is 137 cm³/mol. The van der Waals surface area contributed by atoms with Gasteiger partial charge in [-0.05, 0) is 73.5 Å². The van der Waals surface area contributed by atoms with Gasteiger partial charge in [0, 0.05) is 23.8 Å². The van der Waals surface area contributed by atoms with E-state index in [2.05, 4.69) is 27.6 Å². The fourth-order valence-corrected chi connectivity index (χ4v) is 7.60. The zero-order valence-corrected chi connectivity index (χ0v) is 21.9. The van der Waals surface area contributed by atoms with Crippen molar-refractivity contribution in [2.75, 3.05) is 6.61 Å². The number of carbonyl (C=O) groups is 1. The van der Waals surface area contributed by atoms with Crippen LogP contribution < -0.4 is 4.80 Å². The number of hydrogen-bond acceptors (Lipinski definition) is 7. The number of thiazole rings is 1. The lowest BCUT2D eigenvalue weighted by atomic mass is 9.90. The van der Waals surface area contributed by atoms with Crippen LogP contribution in [-0.2, 0) is 38.8 Å². The van der Waals surface area contributed by atoms with Crippen LogP contribution in [0.4, 0.5) is 0 Å². The lowest BCUT2D eigenvalue weighted by molar-refractivity contribution is -0.140. The summed E-state index contributed by atoms with van der Waals surface area (Å²) in [5.41, 5.74) is 5.73. The Labute approximate surface area is 212 Å². The first kappa shape index (κ1) is 23.9. The minimum atomic E-state index is -3.87. The maximum absolute atomic E-state index is 12.8. The van der Waals surface area contributed by atoms with Crippen LogP contribution in [0.1, 0.15) is 41.3 Å². The molecule has 0 radical (unpaired) electrons. The summed E-state index contributed by atoms with van der Waals surface area (Å²) in [4.78, 5) is 17.8. The van der Waals surface area contributed by atoms with Gasteiger partial charge in [0.2, 0.25) is 9.76 Å². The van der Waals surface area contributed by atoms with Crippen LogP contribution >= 0.6 is 22.9 Å². The number of sulfonamides is 1. The average molecular weight is 528 g/mol. The molecular weight excluding hydrogens is 502 g/mol. The lowest BCUT2D eigenvalue weighted by Gasteiger charge is -2.16. The van der Waals surface area contributed by atoms with E-state index in [1.807, 2.05) is 10.7 Å². The van der Waals surface area contributed by atoms with Gasteiger partial charge in [-0.1, -0.05) is 41.2 Å². The maximum atomic E-state index is 12.8. The van der Waals surface area contributed by atoms with Gasteiger partial charge >= 0.3 is 5.97 Å². The third-order valence-corrected chi connectivity index (χ3v) is 9.49. The molecule has 0 atom stereocenters. The molecule has 7 nitrogen and oxygen atoms in total. The molecule has 0 bridgehead atoms. The SMILES string of the molecule is CC(=O)OCCc1sc2nc(=NS(=O)(=O)c3ccc(C)cc3)sn2c1-c1ccc2c(c1)CCCC2. The molecule has 0 spiro atoms. The minimum absolute atomic E-state index is 0.142. The van der Waals surface area contributed by atoms with Gasteiger partial charge < -0.3 is 4.74 Å². The van der Waals surface area contributed by atoms with E-state index in [0.29, 0.717) is 11.4 Å². The largest absolute Gasteiger partial charge is 0.465 e. The number of fused-ring (bicyclic) bond motifs is 2. The minimum Gasteiger partial charge on any atom is -0.465 e. The highest BCUT2D eigenvalue weighted by molar-refractivity contribution is 7.90. The maximum Gasteiger partial charge on any atom is 0.302 e. The van der Waals surface area contributed by atoms with Crippen molar-refractivity contribution in [1.82, 2.24) is 8.77 Å². The summed E-state index contributed by atoms with van der Waals surface area (Å²) in [6.45, 7) is 3.58. The van der Waals surface area contributed by atoms with Crippen molar-refractivity contribution in [3.05, 3.63) is 68.8 Å². The molecule has 0 amide bonds. The number of esters is 1. The van der Waals surface area contributed by atoms with Crippen LogP contribution in [0.5, 0.6) is 0 Å². The van der Waals surface area contributed by atoms with Gasteiger partial charge in [-0.15, -0.1) is 4.40 Å². The van der Waals surface area contributed by atoms with Crippen molar-refractivity contribution in [3.8, 4) is 11.3 Å². The summed E-state index contributed by atoms with van der Waals surface area (Å²) in [6.07, 6.45) is 5.11. The number of rotatable bonds is 6. The molecular formula is C25H25N3O4S3. The number of aromatic nitrogens is 2. The lowest BCUT2D eigenvalue weighted by Crippen LogP contribution is -2.06. The molecule has 2 aromatic carbocycles. The molecule has 182 valence electrons. The van der Waals surface area contributed by atoms with Gasteiger partial charge in [-0.3, -0.25) is 4.79 Å². The second-order valence-electron chi connectivity index (χ2n) is 8.60. The molecule has 35 heavy (non-hydrogen) atoms. The van der Waals surface area contributed by atoms with E-state index >= 15 is 0 Å². The number of ether oxygens (including phenoxy) is 1. The summed E-state index contributed by atoms with van der Waals surface area (Å²) in [5, 5.41) is 0. The first-order valence-electron chi connectivity index (χ1n) is 11.4. The summed E-state index contributed by atoms with van der Waals surface area (Å²) in [6, 6.07) is 13.2. The Morgan fingerprint density at radius 1 is 1.11 bits per heavy atom. The molecule has 0 fully saturated rings. The molecule has 0 saturated carbocycles. The highest BCUT2D eigenvalue weighted by Gasteiger charge is 2.20. The van der Waals surface area contributed by atoms with Gasteiger partial charge in [0.05, 0.1) is 17.2 Å². The summed E-state index contributed by atoms with van der Waals surface area (Å²) < 4.78 is 36.8. The number of aryl methyl sites for hydroxylation is 3. The van der Waals surface area contributed by atoms with E-state index < -0.39 is 10.0 Å². The summed E-state index contributed by atoms with van der Waals surface area (Å²) >= 11 is 2.67. The van der Waals surface area contributed by atoms with Gasteiger partial charge in [-0.25, -0.2) is 3.79 Å². The Kier molecular flexibility index (Phi) is 6.61. The predicted octanol–water partition coefficient (Wildman–Crippen LogP) is 4.71. The van der Waals surface area contributed by atoms with Crippen LogP contribution in [0.2, 0.25) is 0 Å². The van der Waals surface area contributed by atoms with E-state index in [1.54, 1.807) is 24.3 Å². The van der Waals surface area contributed by atoms with Crippen molar-refractivity contribution >= 4 is 43.8 Å². The first-order chi connectivity index (χ1) is 16.8. The molecule has 5 rings (SSSR count). The van der Waals surface area contributed by atoms with Crippen LogP contribution in [0, 0.1) is 6.92 Å². The van der Waals surface area contributed by atoms with E-state index in [0.717, 1.165) is 34.5 Å². The fraction of sp³-hybridized carbons (Fsp3) is 0.320. The summed E-state index contributed by atoms with van der Waals surface area (Å²) in [7, 11) is -3.87. The molecule has 0 aliphatic heterocycles. The topological polar surface area (TPSA) is 90.1 Å². The highest BCUT2D eigenvalue weighted by Crippen LogP contribution is 2.35. The zero-order valence-electron chi connectivity index (χ0n) is 19.5. The number of carbonyl (C=O) groups excluding carboxylic acids is 1. The highest BCUT2D eigenvalue weighted by atomic mass is 32.2. The Morgan fingerprint density at radius 2 is 1.86 bits per heavy atom. The molecule has 0 N–H and O–H groups in total. The van der Waals surface area contributed by atoms with Gasteiger partial charge in [0.25, 0.3) is 10.0 Å². The van der Waals surface area contributed by atoms with E-state index in [4.69, 9.17) is 4.74 Å². The normalized spacial score (nSPS) is 14.3. The van der Waals surface area contributed by atoms with Gasteiger partial charge in [-0.2, -0.15) is 13.4 Å². The van der Waals surface area contributed by atoms with E-state index in [9.17, 15) is 13.2 Å². The number of benzene rings is 2. The van der Waals surface area contributed by atoms with Crippen LogP contribution in [0.25, 0.3) is 16.2 Å². The standard InChI is InChI=1S/C25H25N3O4S3/c1-16-7-11-21(12-8-16)35(30,31)27-24-26-25-28(34-24)23(22(33-25)13-14-32-17(2)29)20-10-9-18-5-3-4-6-19(18)15-20/h7-12,15H,3-6,13-14H2,1-2H3. The van der Waals surface area contributed by atoms with Crippen molar-refractivity contribution in [2.24, 2.45) is 4.40 Å². The molecule has 10 heteroatoms. The Balaban J connectivity index is 1.60. The quantitative estimate of drug-likeness (QED) is 0.339. The fourth-order valence-electron chi connectivity index (χ4n) is 4.26. The smallest absolute Gasteiger partial charge is 0.302 e. The second-order valence-corrected chi connectivity index (χ2v) is 12.2. The monoisotopic (exact) mass is 527 g/mol. The number of hydrogen-bond donors (Lipinski definition) is 0. The van der Waals surface area contributed by atoms with Crippen LogP contribution in [0.15, 0.2) is 51.8 Å². The Morgan fingerprint density at radius 3 is 2.60 bits per heavy atom. The zero-order chi connectivity index (χ0) is 24.6. The first-order valence-corrected chi connectivity index (χ1v) is 14.5. The van der Waals surface area contributed by atoms with E-state index in [-0.39, 0.29) is 22.3 Å². The van der Waals surface area contributed by atoms with Crippen molar-refractivity contribution < 1.29 is 17.9 Å². The Hall–Kier alpha value is -2.82. The Bertz CT molecular complexity index is 1580. The van der Waals surface area contributed by atoms with Gasteiger partial charge in [0.15, 0.2) is 0 Å². The average Bonchev–Trinajstić information content (AvgIpc) is 3.35. The van der Waals surface area contributed by atoms with Crippen LogP contribution in [0.3, 0.4) is 0 Å². The third-order valence-electron chi connectivity index (χ3n) is 5.99. The molecule has 0 unspecified atom stereocenters. The molecule has 2 aromatic heterocycles. The third kappa shape index (κ3) is 5.10. The molecule has 4 aromatic rings. The van der Waals surface area contributed by atoms with Crippen molar-refractivity contribution in [3.63, 3.8) is 0 Å². The van der Waals surface area contributed by atoms with E-state index in [1.165, 1.54) is 53.8 Å². The molecule has 1 aliphatic rings. The molecule has 2 heterocycles. The molecule has 1 aliphatic carbocycles. The van der Waals surface area contributed by atoms with Crippen molar-refractivity contribution in [1.29, 1.82) is 0 Å². The summed E-state index contributed by atoms with van der Waals surface area (Å²) in [5.74, 6) is -0.313. The molecule has 0 saturated heterocycles. The second kappa shape index (κ2) is 9.67. The number of nitrogens with zero attached hydrogens (tertiary/aromatic N) is 3. The van der Waals surface area contributed by atoms with Gasteiger partial charge in [0.1, 0.15) is 0 Å². The van der Waals surface area contributed by atoms with Crippen LogP contribution in [-0.4, -0.2) is 29.8 Å². The van der Waals surface area contributed by atoms with Crippen molar-refractivity contribution in [2.45, 2.75) is 50.8 Å².